The highest BCUT2D eigenvalue weighted by molar-refractivity contribution is 7.18. The van der Waals surface area contributed by atoms with E-state index >= 15 is 0 Å². The lowest BCUT2D eigenvalue weighted by molar-refractivity contribution is 0.169. The van der Waals surface area contributed by atoms with Crippen LogP contribution in [0.1, 0.15) is 12.8 Å². The Morgan fingerprint density at radius 3 is 2.45 bits per heavy atom. The van der Waals surface area contributed by atoms with E-state index in [2.05, 4.69) is 32.2 Å². The minimum atomic E-state index is 0.797. The maximum atomic E-state index is 4.45. The van der Waals surface area contributed by atoms with Crippen molar-refractivity contribution >= 4 is 16.5 Å². The summed E-state index contributed by atoms with van der Waals surface area (Å²) in [5.74, 6) is 3.25. The molecule has 1 aliphatic heterocycles. The first kappa shape index (κ1) is 12.8. The zero-order valence-electron chi connectivity index (χ0n) is 12.3. The number of pyridine rings is 1. The Balaban J connectivity index is 1.40. The average molecular weight is 310 g/mol. The van der Waals surface area contributed by atoms with Gasteiger partial charge < -0.3 is 4.90 Å². The maximum absolute atomic E-state index is 4.45. The number of anilines is 1. The van der Waals surface area contributed by atoms with E-state index < -0.39 is 0 Å². The van der Waals surface area contributed by atoms with Gasteiger partial charge in [-0.05, 0) is 48.6 Å². The fraction of sp³-hybridized carbons (Fsp3) is 0.471. The van der Waals surface area contributed by atoms with Gasteiger partial charge in [-0.25, -0.2) is 0 Å². The number of rotatable bonds is 2. The van der Waals surface area contributed by atoms with Crippen LogP contribution in [0.5, 0.6) is 0 Å². The topological polar surface area (TPSA) is 41.9 Å². The molecule has 4 aliphatic rings. The highest BCUT2D eigenvalue weighted by Gasteiger charge is 2.46. The molecule has 6 rings (SSSR count). The van der Waals surface area contributed by atoms with Gasteiger partial charge in [-0.15, -0.1) is 10.2 Å². The van der Waals surface area contributed by atoms with Crippen LogP contribution in [0.25, 0.3) is 10.6 Å². The highest BCUT2D eigenvalue weighted by Crippen LogP contribution is 2.49. The minimum absolute atomic E-state index is 0.797. The fourth-order valence-electron chi connectivity index (χ4n) is 4.44. The molecule has 112 valence electrons. The second-order valence-corrected chi connectivity index (χ2v) is 7.61. The number of hydrogen-bond acceptors (Lipinski definition) is 5. The van der Waals surface area contributed by atoms with Crippen LogP contribution < -0.4 is 4.90 Å². The minimum Gasteiger partial charge on any atom is -0.346 e. The summed E-state index contributed by atoms with van der Waals surface area (Å²) in [6, 6.07) is 4.00. The molecule has 2 bridgehead atoms. The third-order valence-corrected chi connectivity index (χ3v) is 6.58. The van der Waals surface area contributed by atoms with E-state index in [4.69, 9.17) is 0 Å². The maximum Gasteiger partial charge on any atom is 0.208 e. The molecule has 4 atom stereocenters. The lowest BCUT2D eigenvalue weighted by atomic mass is 9.64. The fourth-order valence-corrected chi connectivity index (χ4v) is 5.29. The van der Waals surface area contributed by atoms with Gasteiger partial charge in [-0.3, -0.25) is 4.98 Å². The van der Waals surface area contributed by atoms with Crippen molar-refractivity contribution in [2.24, 2.45) is 23.7 Å². The van der Waals surface area contributed by atoms with Gasteiger partial charge in [0.1, 0.15) is 0 Å². The Morgan fingerprint density at radius 2 is 1.82 bits per heavy atom. The molecule has 5 heteroatoms. The molecule has 2 aromatic heterocycles. The van der Waals surface area contributed by atoms with E-state index in [-0.39, 0.29) is 0 Å². The summed E-state index contributed by atoms with van der Waals surface area (Å²) in [5.41, 5.74) is 1.06. The Hall–Kier alpha value is -1.75. The summed E-state index contributed by atoms with van der Waals surface area (Å²) in [5, 5.41) is 10.9. The molecule has 2 aromatic rings. The van der Waals surface area contributed by atoms with Crippen LogP contribution in [0.15, 0.2) is 36.7 Å². The molecule has 3 aliphatic carbocycles. The largest absolute Gasteiger partial charge is 0.346 e. The van der Waals surface area contributed by atoms with Gasteiger partial charge in [0.25, 0.3) is 0 Å². The van der Waals surface area contributed by atoms with Crippen LogP contribution in [0, 0.1) is 23.7 Å². The molecule has 2 fully saturated rings. The van der Waals surface area contributed by atoms with E-state index in [0.717, 1.165) is 52.5 Å². The van der Waals surface area contributed by atoms with Gasteiger partial charge in [0.2, 0.25) is 5.13 Å². The standard InChI is InChI=1S/C17H18N4S/c1-2-13(8-18-7-1)16-19-20-17(22-16)21-9-14-11-3-4-12(6-5-11)15(14)10-21/h1-4,7-8,11-12,14-15H,5-6,9-10H2/t11-,12+,14+,15-. The molecule has 0 radical (unpaired) electrons. The first-order valence-electron chi connectivity index (χ1n) is 8.05. The molecule has 3 heterocycles. The van der Waals surface area contributed by atoms with Crippen molar-refractivity contribution in [1.82, 2.24) is 15.2 Å². The Bertz CT molecular complexity index is 688. The molecule has 0 aromatic carbocycles. The van der Waals surface area contributed by atoms with Gasteiger partial charge in [-0.2, -0.15) is 0 Å². The van der Waals surface area contributed by atoms with Crippen LogP contribution in [-0.4, -0.2) is 28.3 Å². The van der Waals surface area contributed by atoms with Crippen LogP contribution in [-0.2, 0) is 0 Å². The molecule has 1 saturated heterocycles. The van der Waals surface area contributed by atoms with Crippen molar-refractivity contribution in [2.45, 2.75) is 12.8 Å². The summed E-state index contributed by atoms with van der Waals surface area (Å²) >= 11 is 1.69. The number of allylic oxidation sites excluding steroid dienone is 2. The lowest BCUT2D eigenvalue weighted by Crippen LogP contribution is -2.35. The van der Waals surface area contributed by atoms with Crippen molar-refractivity contribution in [2.75, 3.05) is 18.0 Å². The third kappa shape index (κ3) is 1.92. The molecular weight excluding hydrogens is 292 g/mol. The van der Waals surface area contributed by atoms with Crippen molar-refractivity contribution in [1.29, 1.82) is 0 Å². The zero-order valence-corrected chi connectivity index (χ0v) is 13.1. The zero-order chi connectivity index (χ0) is 14.5. The molecule has 0 spiro atoms. The van der Waals surface area contributed by atoms with Crippen LogP contribution in [0.4, 0.5) is 5.13 Å². The van der Waals surface area contributed by atoms with Crippen LogP contribution in [0.2, 0.25) is 0 Å². The van der Waals surface area contributed by atoms with E-state index in [1.165, 1.54) is 12.8 Å². The summed E-state index contributed by atoms with van der Waals surface area (Å²) in [6.45, 7) is 2.30. The van der Waals surface area contributed by atoms with Gasteiger partial charge >= 0.3 is 0 Å². The van der Waals surface area contributed by atoms with E-state index in [0.29, 0.717) is 0 Å². The first-order valence-corrected chi connectivity index (χ1v) is 8.87. The van der Waals surface area contributed by atoms with Gasteiger partial charge in [0.15, 0.2) is 5.01 Å². The second-order valence-electron chi connectivity index (χ2n) is 6.65. The molecular formula is C17H18N4S. The lowest BCUT2D eigenvalue weighted by Gasteiger charge is -2.40. The summed E-state index contributed by atoms with van der Waals surface area (Å²) < 4.78 is 0. The molecule has 0 amide bonds. The van der Waals surface area contributed by atoms with Crippen molar-refractivity contribution < 1.29 is 0 Å². The Kier molecular flexibility index (Phi) is 2.83. The van der Waals surface area contributed by atoms with Crippen LogP contribution in [0.3, 0.4) is 0 Å². The van der Waals surface area contributed by atoms with Gasteiger partial charge in [-0.1, -0.05) is 23.5 Å². The van der Waals surface area contributed by atoms with E-state index in [1.807, 2.05) is 18.3 Å². The van der Waals surface area contributed by atoms with Gasteiger partial charge in [0.05, 0.1) is 0 Å². The summed E-state index contributed by atoms with van der Waals surface area (Å²) in [7, 11) is 0. The first-order chi connectivity index (χ1) is 10.9. The van der Waals surface area contributed by atoms with E-state index in [9.17, 15) is 0 Å². The highest BCUT2D eigenvalue weighted by atomic mass is 32.1. The quantitative estimate of drug-likeness (QED) is 0.799. The Morgan fingerprint density at radius 1 is 1.05 bits per heavy atom. The number of fused-ring (bicyclic) bond motifs is 1. The van der Waals surface area contributed by atoms with Crippen molar-refractivity contribution in [3.8, 4) is 10.6 Å². The normalized spacial score (nSPS) is 32.5. The molecule has 22 heavy (non-hydrogen) atoms. The monoisotopic (exact) mass is 310 g/mol. The molecule has 4 nitrogen and oxygen atoms in total. The van der Waals surface area contributed by atoms with Crippen LogP contribution >= 0.6 is 11.3 Å². The molecule has 1 saturated carbocycles. The Labute approximate surface area is 133 Å². The predicted molar refractivity (Wildman–Crippen MR) is 87.7 cm³/mol. The SMILES string of the molecule is C1=C[C@H]2CC[C@@H]1[C@@H]1CN(c3nnc(-c4cccnc4)s3)C[C@@H]12. The summed E-state index contributed by atoms with van der Waals surface area (Å²) in [4.78, 5) is 6.64. The predicted octanol–water partition coefficient (Wildman–Crippen LogP) is 3.25. The number of hydrogen-bond donors (Lipinski definition) is 0. The van der Waals surface area contributed by atoms with Crippen molar-refractivity contribution in [3.63, 3.8) is 0 Å². The molecule has 0 N–H and O–H groups in total. The van der Waals surface area contributed by atoms with Crippen molar-refractivity contribution in [3.05, 3.63) is 36.7 Å². The van der Waals surface area contributed by atoms with E-state index in [1.54, 1.807) is 17.5 Å². The third-order valence-electron chi connectivity index (χ3n) is 5.54. The smallest absolute Gasteiger partial charge is 0.208 e. The summed E-state index contributed by atoms with van der Waals surface area (Å²) in [6.07, 6.45) is 11.4. The number of aromatic nitrogens is 3. The number of nitrogens with zero attached hydrogens (tertiary/aromatic N) is 4. The second kappa shape index (κ2) is 4.88. The van der Waals surface area contributed by atoms with Gasteiger partial charge in [0, 0.05) is 31.0 Å². The average Bonchev–Trinajstić information content (AvgIpc) is 3.24. The molecule has 0 unspecified atom stereocenters.